The maximum atomic E-state index is 13.9. The van der Waals surface area contributed by atoms with Gasteiger partial charge in [-0.25, -0.2) is 9.18 Å². The highest BCUT2D eigenvalue weighted by Crippen LogP contribution is 2.20. The van der Waals surface area contributed by atoms with Crippen molar-refractivity contribution in [1.82, 2.24) is 9.80 Å². The zero-order valence-corrected chi connectivity index (χ0v) is 14.4. The molecule has 1 saturated heterocycles. The van der Waals surface area contributed by atoms with Crippen LogP contribution < -0.4 is 10.1 Å². The monoisotopic (exact) mass is 339 g/mol. The van der Waals surface area contributed by atoms with E-state index < -0.39 is 5.82 Å². The average Bonchev–Trinajstić information content (AvgIpc) is 2.61. The molecular weight excluding hydrogens is 313 g/mol. The lowest BCUT2D eigenvalue weighted by atomic mass is 10.3. The van der Waals surface area contributed by atoms with E-state index >= 15 is 0 Å². The highest BCUT2D eigenvalue weighted by molar-refractivity contribution is 5.89. The number of carbonyl (C=O) groups excluding carboxylic acids is 1. The molecule has 1 aromatic carbocycles. The lowest BCUT2D eigenvalue weighted by Crippen LogP contribution is -2.50. The topological polar surface area (TPSA) is 54.0 Å². The minimum absolute atomic E-state index is 0.163. The Balaban J connectivity index is 1.76. The van der Waals surface area contributed by atoms with Gasteiger partial charge < -0.3 is 19.7 Å². The van der Waals surface area contributed by atoms with Crippen molar-refractivity contribution in [3.63, 3.8) is 0 Å². The zero-order valence-electron chi connectivity index (χ0n) is 14.4. The summed E-state index contributed by atoms with van der Waals surface area (Å²) in [6.45, 7) is 7.31. The van der Waals surface area contributed by atoms with Crippen molar-refractivity contribution in [2.45, 2.75) is 13.3 Å². The summed E-state index contributed by atoms with van der Waals surface area (Å²) in [6.07, 6.45) is 1.02. The predicted molar refractivity (Wildman–Crippen MR) is 91.1 cm³/mol. The van der Waals surface area contributed by atoms with Gasteiger partial charge in [-0.1, -0.05) is 6.92 Å². The first-order valence-corrected chi connectivity index (χ1v) is 8.33. The molecule has 0 bridgehead atoms. The first-order chi connectivity index (χ1) is 11.6. The molecule has 0 unspecified atom stereocenters. The third-order valence-corrected chi connectivity index (χ3v) is 3.98. The Kier molecular flexibility index (Phi) is 7.27. The Hall–Kier alpha value is -1.86. The summed E-state index contributed by atoms with van der Waals surface area (Å²) >= 11 is 0. The second-order valence-corrected chi connectivity index (χ2v) is 5.72. The predicted octanol–water partition coefficient (Wildman–Crippen LogP) is 2.41. The van der Waals surface area contributed by atoms with Crippen molar-refractivity contribution in [2.24, 2.45) is 0 Å². The number of nitrogens with zero attached hydrogens (tertiary/aromatic N) is 2. The quantitative estimate of drug-likeness (QED) is 0.775. The smallest absolute Gasteiger partial charge is 0.322 e. The van der Waals surface area contributed by atoms with Gasteiger partial charge >= 0.3 is 6.03 Å². The van der Waals surface area contributed by atoms with E-state index in [1.807, 2.05) is 0 Å². The summed E-state index contributed by atoms with van der Waals surface area (Å²) in [7, 11) is 1.47. The normalized spacial score (nSPS) is 15.4. The number of amides is 2. The Bertz CT molecular complexity index is 534. The zero-order chi connectivity index (χ0) is 17.4. The number of piperazine rings is 1. The average molecular weight is 339 g/mol. The van der Waals surface area contributed by atoms with E-state index in [9.17, 15) is 9.18 Å². The number of ether oxygens (including phenoxy) is 2. The number of carbonyl (C=O) groups is 1. The molecule has 2 rings (SSSR count). The van der Waals surface area contributed by atoms with E-state index in [1.165, 1.54) is 19.2 Å². The summed E-state index contributed by atoms with van der Waals surface area (Å²) in [5.41, 5.74) is 0.163. The summed E-state index contributed by atoms with van der Waals surface area (Å²) < 4.78 is 24.3. The van der Waals surface area contributed by atoms with Crippen molar-refractivity contribution in [3.8, 4) is 5.75 Å². The number of methoxy groups -OCH3 is 1. The third kappa shape index (κ3) is 5.35. The minimum atomic E-state index is -0.505. The van der Waals surface area contributed by atoms with E-state index in [4.69, 9.17) is 9.47 Å². The molecule has 134 valence electrons. The molecule has 24 heavy (non-hydrogen) atoms. The van der Waals surface area contributed by atoms with Crippen LogP contribution in [0.2, 0.25) is 0 Å². The lowest BCUT2D eigenvalue weighted by molar-refractivity contribution is 0.0841. The van der Waals surface area contributed by atoms with Gasteiger partial charge in [0.15, 0.2) is 0 Å². The number of rotatable bonds is 7. The maximum absolute atomic E-state index is 13.9. The highest BCUT2D eigenvalue weighted by atomic mass is 19.1. The van der Waals surface area contributed by atoms with Crippen LogP contribution in [0.4, 0.5) is 14.9 Å². The van der Waals surface area contributed by atoms with Crippen LogP contribution in [0.25, 0.3) is 0 Å². The molecule has 1 heterocycles. The number of urea groups is 1. The molecule has 0 spiro atoms. The molecule has 0 saturated carbocycles. The second-order valence-electron chi connectivity index (χ2n) is 5.72. The maximum Gasteiger partial charge on any atom is 0.322 e. The van der Waals surface area contributed by atoms with Crippen molar-refractivity contribution in [2.75, 3.05) is 58.4 Å². The molecule has 1 aliphatic rings. The fourth-order valence-electron chi connectivity index (χ4n) is 2.53. The molecule has 2 amide bonds. The van der Waals surface area contributed by atoms with Crippen LogP contribution in [0, 0.1) is 5.82 Å². The van der Waals surface area contributed by atoms with Gasteiger partial charge in [0.05, 0.1) is 19.4 Å². The Morgan fingerprint density at radius 3 is 2.62 bits per heavy atom. The molecule has 1 aliphatic heterocycles. The van der Waals surface area contributed by atoms with E-state index in [2.05, 4.69) is 17.1 Å². The number of nitrogens with one attached hydrogen (secondary N) is 1. The standard InChI is InChI=1S/C17H26FN3O3/c1-3-11-24-12-10-20-6-8-21(9-7-20)17(22)19-16-5-4-14(23-2)13-15(16)18/h4-5,13H,3,6-12H2,1-2H3,(H,19,22). The van der Waals surface area contributed by atoms with Crippen LogP contribution in [0.5, 0.6) is 5.75 Å². The largest absolute Gasteiger partial charge is 0.497 e. The Morgan fingerprint density at radius 1 is 1.25 bits per heavy atom. The van der Waals surface area contributed by atoms with E-state index in [1.54, 1.807) is 11.0 Å². The van der Waals surface area contributed by atoms with Gasteiger partial charge in [-0.3, -0.25) is 4.90 Å². The molecule has 0 aliphatic carbocycles. The van der Waals surface area contributed by atoms with Crippen molar-refractivity contribution < 1.29 is 18.7 Å². The van der Waals surface area contributed by atoms with Crippen LogP contribution >= 0.6 is 0 Å². The van der Waals surface area contributed by atoms with Crippen LogP contribution in [-0.2, 0) is 4.74 Å². The molecular formula is C17H26FN3O3. The van der Waals surface area contributed by atoms with Crippen molar-refractivity contribution in [1.29, 1.82) is 0 Å². The van der Waals surface area contributed by atoms with Gasteiger partial charge in [-0.05, 0) is 18.6 Å². The van der Waals surface area contributed by atoms with Gasteiger partial charge in [0.25, 0.3) is 0 Å². The number of hydrogen-bond acceptors (Lipinski definition) is 4. The fourth-order valence-corrected chi connectivity index (χ4v) is 2.53. The van der Waals surface area contributed by atoms with E-state index in [-0.39, 0.29) is 11.7 Å². The first kappa shape index (κ1) is 18.5. The van der Waals surface area contributed by atoms with E-state index in [0.29, 0.717) is 18.8 Å². The van der Waals surface area contributed by atoms with Gasteiger partial charge in [0.1, 0.15) is 11.6 Å². The molecule has 6 nitrogen and oxygen atoms in total. The Labute approximate surface area is 142 Å². The molecule has 0 aromatic heterocycles. The molecule has 7 heteroatoms. The van der Waals surface area contributed by atoms with Gasteiger partial charge in [0, 0.05) is 45.4 Å². The van der Waals surface area contributed by atoms with Gasteiger partial charge in [0.2, 0.25) is 0 Å². The van der Waals surface area contributed by atoms with Gasteiger partial charge in [-0.2, -0.15) is 0 Å². The minimum Gasteiger partial charge on any atom is -0.497 e. The third-order valence-electron chi connectivity index (χ3n) is 3.98. The Morgan fingerprint density at radius 2 is 2.00 bits per heavy atom. The summed E-state index contributed by atoms with van der Waals surface area (Å²) in [5, 5.41) is 2.62. The van der Waals surface area contributed by atoms with Crippen LogP contribution in [0.15, 0.2) is 18.2 Å². The SMILES string of the molecule is CCCOCCN1CCN(C(=O)Nc2ccc(OC)cc2F)CC1. The number of hydrogen-bond donors (Lipinski definition) is 1. The van der Waals surface area contributed by atoms with Crippen LogP contribution in [0.1, 0.15) is 13.3 Å². The molecule has 1 fully saturated rings. The molecule has 1 aromatic rings. The summed E-state index contributed by atoms with van der Waals surface area (Å²) in [5.74, 6) is -0.0844. The lowest BCUT2D eigenvalue weighted by Gasteiger charge is -2.34. The number of anilines is 1. The van der Waals surface area contributed by atoms with Crippen molar-refractivity contribution >= 4 is 11.7 Å². The van der Waals surface area contributed by atoms with Gasteiger partial charge in [-0.15, -0.1) is 0 Å². The number of halogens is 1. The number of benzene rings is 1. The van der Waals surface area contributed by atoms with Crippen LogP contribution in [-0.4, -0.2) is 68.9 Å². The summed E-state index contributed by atoms with van der Waals surface area (Å²) in [4.78, 5) is 16.2. The first-order valence-electron chi connectivity index (χ1n) is 8.33. The van der Waals surface area contributed by atoms with Crippen LogP contribution in [0.3, 0.4) is 0 Å². The summed E-state index contributed by atoms with van der Waals surface area (Å²) in [6, 6.07) is 4.10. The highest BCUT2D eigenvalue weighted by Gasteiger charge is 2.21. The second kappa shape index (κ2) is 9.44. The molecule has 1 N–H and O–H groups in total. The molecule has 0 atom stereocenters. The van der Waals surface area contributed by atoms with E-state index in [0.717, 1.165) is 39.3 Å². The van der Waals surface area contributed by atoms with Crippen molar-refractivity contribution in [3.05, 3.63) is 24.0 Å². The fraction of sp³-hybridized carbons (Fsp3) is 0.588. The molecule has 0 radical (unpaired) electrons.